The molecule has 0 saturated heterocycles. The van der Waals surface area contributed by atoms with Crippen molar-refractivity contribution in [3.63, 3.8) is 0 Å². The summed E-state index contributed by atoms with van der Waals surface area (Å²) in [7, 11) is 0. The van der Waals surface area contributed by atoms with Gasteiger partial charge in [0.2, 0.25) is 0 Å². The van der Waals surface area contributed by atoms with Crippen LogP contribution in [0.4, 0.5) is 8.78 Å². The summed E-state index contributed by atoms with van der Waals surface area (Å²) in [6.45, 7) is 2.12. The molecule has 110 valence electrons. The summed E-state index contributed by atoms with van der Waals surface area (Å²) < 4.78 is 26.1. The molecule has 2 aromatic carbocycles. The summed E-state index contributed by atoms with van der Waals surface area (Å²) in [5.74, 6) is -2.12. The van der Waals surface area contributed by atoms with Crippen molar-refractivity contribution in [1.82, 2.24) is 5.32 Å². The lowest BCUT2D eigenvalue weighted by Gasteiger charge is -2.14. The van der Waals surface area contributed by atoms with Gasteiger partial charge in [-0.25, -0.2) is 8.78 Å². The summed E-state index contributed by atoms with van der Waals surface area (Å²) in [6, 6.07) is 10.0. The molecule has 0 heterocycles. The number of hydrogen-bond acceptors (Lipinski definition) is 2. The maximum absolute atomic E-state index is 13.2. The second-order valence-corrected chi connectivity index (χ2v) is 4.77. The normalized spacial score (nSPS) is 12.0. The summed E-state index contributed by atoms with van der Waals surface area (Å²) in [6.07, 6.45) is 0. The fourth-order valence-electron chi connectivity index (χ4n) is 1.94. The highest BCUT2D eigenvalue weighted by Crippen LogP contribution is 2.16. The summed E-state index contributed by atoms with van der Waals surface area (Å²) in [5.41, 5.74) is 7.41. The molecule has 3 N–H and O–H groups in total. The number of nitrogens with one attached hydrogen (secondary N) is 1. The number of halogens is 2. The Morgan fingerprint density at radius 1 is 1.14 bits per heavy atom. The largest absolute Gasteiger partial charge is 0.346 e. The Hall–Kier alpha value is -2.27. The van der Waals surface area contributed by atoms with Crippen LogP contribution >= 0.6 is 0 Å². The zero-order valence-electron chi connectivity index (χ0n) is 11.6. The van der Waals surface area contributed by atoms with Crippen LogP contribution < -0.4 is 11.1 Å². The molecule has 21 heavy (non-hydrogen) atoms. The fraction of sp³-hybridized carbons (Fsp3) is 0.188. The van der Waals surface area contributed by atoms with E-state index in [9.17, 15) is 13.6 Å². The zero-order valence-corrected chi connectivity index (χ0v) is 11.6. The number of benzene rings is 2. The third kappa shape index (κ3) is 3.64. The minimum atomic E-state index is -0.930. The molecule has 1 atom stereocenters. The van der Waals surface area contributed by atoms with Gasteiger partial charge in [0.1, 0.15) is 0 Å². The van der Waals surface area contributed by atoms with E-state index in [0.717, 1.165) is 17.7 Å². The molecular formula is C16H16F2N2O. The highest BCUT2D eigenvalue weighted by molar-refractivity contribution is 5.94. The van der Waals surface area contributed by atoms with Gasteiger partial charge in [0.25, 0.3) is 5.91 Å². The van der Waals surface area contributed by atoms with Crippen molar-refractivity contribution in [3.8, 4) is 0 Å². The number of hydrogen-bond donors (Lipinski definition) is 2. The lowest BCUT2D eigenvalue weighted by Crippen LogP contribution is -2.26. The van der Waals surface area contributed by atoms with Crippen LogP contribution in [0.25, 0.3) is 0 Å². The van der Waals surface area contributed by atoms with Gasteiger partial charge < -0.3 is 11.1 Å². The average Bonchev–Trinajstić information content (AvgIpc) is 2.50. The SMILES string of the molecule is CC(NC(=O)c1ccc(CN)cc1)c1ccc(F)c(F)c1. The van der Waals surface area contributed by atoms with Crippen LogP contribution in [0, 0.1) is 11.6 Å². The Bertz CT molecular complexity index is 641. The Balaban J connectivity index is 2.08. The summed E-state index contributed by atoms with van der Waals surface area (Å²) in [4.78, 5) is 12.1. The van der Waals surface area contributed by atoms with E-state index in [0.29, 0.717) is 17.7 Å². The van der Waals surface area contributed by atoms with E-state index in [1.807, 2.05) is 0 Å². The Morgan fingerprint density at radius 2 is 1.81 bits per heavy atom. The molecule has 0 aromatic heterocycles. The molecule has 0 aliphatic carbocycles. The molecule has 0 aliphatic rings. The second kappa shape index (κ2) is 6.45. The third-order valence-electron chi connectivity index (χ3n) is 3.24. The van der Waals surface area contributed by atoms with Crippen LogP contribution in [0.15, 0.2) is 42.5 Å². The lowest BCUT2D eigenvalue weighted by atomic mass is 10.1. The van der Waals surface area contributed by atoms with Gasteiger partial charge in [-0.05, 0) is 42.3 Å². The van der Waals surface area contributed by atoms with Gasteiger partial charge in [0.05, 0.1) is 6.04 Å². The molecule has 2 aromatic rings. The molecule has 0 bridgehead atoms. The Morgan fingerprint density at radius 3 is 2.38 bits per heavy atom. The van der Waals surface area contributed by atoms with Crippen LogP contribution in [0.3, 0.4) is 0 Å². The predicted molar refractivity (Wildman–Crippen MR) is 76.6 cm³/mol. The maximum Gasteiger partial charge on any atom is 0.251 e. The van der Waals surface area contributed by atoms with E-state index in [-0.39, 0.29) is 5.91 Å². The topological polar surface area (TPSA) is 55.1 Å². The van der Waals surface area contributed by atoms with Crippen molar-refractivity contribution in [1.29, 1.82) is 0 Å². The zero-order chi connectivity index (χ0) is 15.4. The van der Waals surface area contributed by atoms with Crippen molar-refractivity contribution in [2.75, 3.05) is 0 Å². The van der Waals surface area contributed by atoms with Gasteiger partial charge >= 0.3 is 0 Å². The van der Waals surface area contributed by atoms with E-state index in [4.69, 9.17) is 5.73 Å². The maximum atomic E-state index is 13.2. The molecule has 0 spiro atoms. The molecule has 5 heteroatoms. The highest BCUT2D eigenvalue weighted by Gasteiger charge is 2.13. The number of nitrogens with two attached hydrogens (primary N) is 1. The molecule has 0 saturated carbocycles. The Kier molecular flexibility index (Phi) is 4.65. The van der Waals surface area contributed by atoms with Gasteiger partial charge in [-0.15, -0.1) is 0 Å². The second-order valence-electron chi connectivity index (χ2n) is 4.77. The third-order valence-corrected chi connectivity index (χ3v) is 3.24. The van der Waals surface area contributed by atoms with Crippen molar-refractivity contribution >= 4 is 5.91 Å². The van der Waals surface area contributed by atoms with E-state index in [1.54, 1.807) is 31.2 Å². The van der Waals surface area contributed by atoms with Gasteiger partial charge in [-0.1, -0.05) is 18.2 Å². The average molecular weight is 290 g/mol. The quantitative estimate of drug-likeness (QED) is 0.909. The first kappa shape index (κ1) is 15.1. The number of amides is 1. The van der Waals surface area contributed by atoms with Crippen molar-refractivity contribution in [2.24, 2.45) is 5.73 Å². The summed E-state index contributed by atoms with van der Waals surface area (Å²) >= 11 is 0. The molecule has 1 amide bonds. The minimum absolute atomic E-state index is 0.282. The number of rotatable bonds is 4. The molecule has 0 radical (unpaired) electrons. The lowest BCUT2D eigenvalue weighted by molar-refractivity contribution is 0.0940. The Labute approximate surface area is 121 Å². The monoisotopic (exact) mass is 290 g/mol. The van der Waals surface area contributed by atoms with Gasteiger partial charge in [0, 0.05) is 12.1 Å². The van der Waals surface area contributed by atoms with Crippen molar-refractivity contribution in [3.05, 3.63) is 70.8 Å². The first-order valence-electron chi connectivity index (χ1n) is 6.56. The first-order chi connectivity index (χ1) is 10.0. The number of carbonyl (C=O) groups excluding carboxylic acids is 1. The van der Waals surface area contributed by atoms with Crippen LogP contribution in [-0.4, -0.2) is 5.91 Å². The molecule has 0 fully saturated rings. The molecule has 1 unspecified atom stereocenters. The van der Waals surface area contributed by atoms with Crippen molar-refractivity contribution < 1.29 is 13.6 Å². The van der Waals surface area contributed by atoms with Crippen LogP contribution in [0.2, 0.25) is 0 Å². The van der Waals surface area contributed by atoms with Crippen LogP contribution in [0.1, 0.15) is 34.5 Å². The van der Waals surface area contributed by atoms with Gasteiger partial charge in [0.15, 0.2) is 11.6 Å². The molecule has 2 rings (SSSR count). The van der Waals surface area contributed by atoms with Gasteiger partial charge in [-0.3, -0.25) is 4.79 Å². The summed E-state index contributed by atoms with van der Waals surface area (Å²) in [5, 5.41) is 2.74. The highest BCUT2D eigenvalue weighted by atomic mass is 19.2. The van der Waals surface area contributed by atoms with E-state index in [1.165, 1.54) is 6.07 Å². The number of carbonyl (C=O) groups is 1. The van der Waals surface area contributed by atoms with E-state index >= 15 is 0 Å². The molecular weight excluding hydrogens is 274 g/mol. The predicted octanol–water partition coefficient (Wildman–Crippen LogP) is 2.91. The molecule has 0 aliphatic heterocycles. The van der Waals surface area contributed by atoms with E-state index < -0.39 is 17.7 Å². The van der Waals surface area contributed by atoms with E-state index in [2.05, 4.69) is 5.32 Å². The molecule has 3 nitrogen and oxygen atoms in total. The fourth-order valence-corrected chi connectivity index (χ4v) is 1.94. The minimum Gasteiger partial charge on any atom is -0.346 e. The standard InChI is InChI=1S/C16H16F2N2O/c1-10(13-6-7-14(17)15(18)8-13)20-16(21)12-4-2-11(9-19)3-5-12/h2-8,10H,9,19H2,1H3,(H,20,21). The van der Waals surface area contributed by atoms with Gasteiger partial charge in [-0.2, -0.15) is 0 Å². The van der Waals surface area contributed by atoms with Crippen LogP contribution in [0.5, 0.6) is 0 Å². The van der Waals surface area contributed by atoms with Crippen molar-refractivity contribution in [2.45, 2.75) is 19.5 Å². The first-order valence-corrected chi connectivity index (χ1v) is 6.56. The smallest absolute Gasteiger partial charge is 0.251 e. The van der Waals surface area contributed by atoms with Crippen LogP contribution in [-0.2, 0) is 6.54 Å².